The summed E-state index contributed by atoms with van der Waals surface area (Å²) in [5.41, 5.74) is 4.50. The Hall–Kier alpha value is -2.50. The van der Waals surface area contributed by atoms with E-state index in [0.29, 0.717) is 13.1 Å². The number of rotatable bonds is 7. The van der Waals surface area contributed by atoms with Crippen LogP contribution in [0.5, 0.6) is 5.75 Å². The zero-order valence-electron chi connectivity index (χ0n) is 16.8. The Bertz CT molecular complexity index is 751. The van der Waals surface area contributed by atoms with Crippen molar-refractivity contribution in [1.82, 2.24) is 20.4 Å². The van der Waals surface area contributed by atoms with Crippen molar-refractivity contribution in [3.05, 3.63) is 46.8 Å². The summed E-state index contributed by atoms with van der Waals surface area (Å²) in [7, 11) is 1.96. The molecule has 1 aromatic carbocycles. The lowest BCUT2D eigenvalue weighted by Crippen LogP contribution is -2.41. The Balaban J connectivity index is 1.95. The van der Waals surface area contributed by atoms with Crippen LogP contribution in [0.4, 0.5) is 0 Å². The largest absolute Gasteiger partial charge is 0.489 e. The Morgan fingerprint density at radius 2 is 1.96 bits per heavy atom. The predicted octanol–water partition coefficient (Wildman–Crippen LogP) is 2.87. The van der Waals surface area contributed by atoms with Crippen LogP contribution >= 0.6 is 0 Å². The molecule has 6 nitrogen and oxygen atoms in total. The van der Waals surface area contributed by atoms with E-state index in [1.807, 2.05) is 36.9 Å². The quantitative estimate of drug-likeness (QED) is 0.591. The standard InChI is InChI=1S/C20H31N5O/c1-7-21-20(23-13-18-16(4)24-25(6)17(18)5)22-12-15(3)26-19-11-9-8-10-14(19)2/h8-11,15H,7,12-13H2,1-6H3,(H2,21,22,23). The SMILES string of the molecule is CCNC(=NCc1c(C)nn(C)c1C)NCC(C)Oc1ccccc1C. The van der Waals surface area contributed by atoms with Crippen LogP contribution < -0.4 is 15.4 Å². The highest BCUT2D eigenvalue weighted by molar-refractivity contribution is 5.79. The van der Waals surface area contributed by atoms with Gasteiger partial charge in [-0.05, 0) is 46.2 Å². The van der Waals surface area contributed by atoms with Crippen LogP contribution in [0.25, 0.3) is 0 Å². The fraction of sp³-hybridized carbons (Fsp3) is 0.500. The van der Waals surface area contributed by atoms with Crippen molar-refractivity contribution in [2.45, 2.75) is 47.3 Å². The van der Waals surface area contributed by atoms with Crippen molar-refractivity contribution in [3.8, 4) is 5.75 Å². The first kappa shape index (κ1) is 19.8. The number of aryl methyl sites for hydroxylation is 3. The Labute approximate surface area is 156 Å². The summed E-state index contributed by atoms with van der Waals surface area (Å²) in [6, 6.07) is 8.06. The maximum atomic E-state index is 6.02. The van der Waals surface area contributed by atoms with Gasteiger partial charge in [0.2, 0.25) is 0 Å². The highest BCUT2D eigenvalue weighted by Gasteiger charge is 2.10. The van der Waals surface area contributed by atoms with Crippen molar-refractivity contribution in [1.29, 1.82) is 0 Å². The third kappa shape index (κ3) is 5.25. The van der Waals surface area contributed by atoms with Crippen LogP contribution in [-0.4, -0.2) is 34.9 Å². The number of nitrogens with zero attached hydrogens (tertiary/aromatic N) is 3. The minimum atomic E-state index is 0.0295. The summed E-state index contributed by atoms with van der Waals surface area (Å²) in [5.74, 6) is 1.71. The third-order valence-electron chi connectivity index (χ3n) is 4.38. The number of para-hydroxylation sites is 1. The topological polar surface area (TPSA) is 63.5 Å². The lowest BCUT2D eigenvalue weighted by Gasteiger charge is -2.18. The van der Waals surface area contributed by atoms with Crippen LogP contribution in [-0.2, 0) is 13.6 Å². The molecule has 0 aliphatic heterocycles. The molecule has 0 aliphatic rings. The summed E-state index contributed by atoms with van der Waals surface area (Å²) in [6.07, 6.45) is 0.0295. The van der Waals surface area contributed by atoms with E-state index in [9.17, 15) is 0 Å². The smallest absolute Gasteiger partial charge is 0.191 e. The number of guanidine groups is 1. The molecule has 0 saturated carbocycles. The predicted molar refractivity (Wildman–Crippen MR) is 107 cm³/mol. The molecule has 0 saturated heterocycles. The van der Waals surface area contributed by atoms with Gasteiger partial charge >= 0.3 is 0 Å². The molecule has 6 heteroatoms. The van der Waals surface area contributed by atoms with Crippen LogP contribution in [0.3, 0.4) is 0 Å². The third-order valence-corrected chi connectivity index (χ3v) is 4.38. The van der Waals surface area contributed by atoms with E-state index in [1.54, 1.807) is 0 Å². The van der Waals surface area contributed by atoms with Gasteiger partial charge in [-0.3, -0.25) is 4.68 Å². The minimum Gasteiger partial charge on any atom is -0.489 e. The van der Waals surface area contributed by atoms with Gasteiger partial charge in [0.25, 0.3) is 0 Å². The molecular weight excluding hydrogens is 326 g/mol. The molecule has 0 bridgehead atoms. The van der Waals surface area contributed by atoms with Crippen molar-refractivity contribution < 1.29 is 4.74 Å². The molecule has 0 radical (unpaired) electrons. The average Bonchev–Trinajstić information content (AvgIpc) is 2.85. The molecule has 1 unspecified atom stereocenters. The fourth-order valence-electron chi connectivity index (χ4n) is 2.73. The number of hydrogen-bond donors (Lipinski definition) is 2. The lowest BCUT2D eigenvalue weighted by molar-refractivity contribution is 0.222. The molecule has 1 atom stereocenters. The van der Waals surface area contributed by atoms with Crippen LogP contribution in [0, 0.1) is 20.8 Å². The molecule has 0 spiro atoms. The van der Waals surface area contributed by atoms with Gasteiger partial charge in [0.05, 0.1) is 18.8 Å². The van der Waals surface area contributed by atoms with E-state index >= 15 is 0 Å². The summed E-state index contributed by atoms with van der Waals surface area (Å²) in [4.78, 5) is 4.70. The van der Waals surface area contributed by atoms with E-state index < -0.39 is 0 Å². The molecule has 1 aromatic heterocycles. The second-order valence-electron chi connectivity index (χ2n) is 6.54. The fourth-order valence-corrected chi connectivity index (χ4v) is 2.73. The second kappa shape index (κ2) is 9.27. The van der Waals surface area contributed by atoms with E-state index in [1.165, 1.54) is 5.56 Å². The van der Waals surface area contributed by atoms with Gasteiger partial charge < -0.3 is 15.4 Å². The number of hydrogen-bond acceptors (Lipinski definition) is 3. The van der Waals surface area contributed by atoms with E-state index in [4.69, 9.17) is 9.73 Å². The van der Waals surface area contributed by atoms with Crippen LogP contribution in [0.2, 0.25) is 0 Å². The molecule has 1 heterocycles. The Morgan fingerprint density at radius 1 is 1.23 bits per heavy atom. The number of nitrogens with one attached hydrogen (secondary N) is 2. The molecule has 2 rings (SSSR count). The van der Waals surface area contributed by atoms with E-state index in [2.05, 4.69) is 49.5 Å². The van der Waals surface area contributed by atoms with Crippen molar-refractivity contribution in [3.63, 3.8) is 0 Å². The number of aromatic nitrogens is 2. The molecule has 26 heavy (non-hydrogen) atoms. The zero-order valence-corrected chi connectivity index (χ0v) is 16.8. The molecule has 0 aliphatic carbocycles. The maximum Gasteiger partial charge on any atom is 0.191 e. The van der Waals surface area contributed by atoms with Crippen molar-refractivity contribution >= 4 is 5.96 Å². The summed E-state index contributed by atoms with van der Waals surface area (Å²) >= 11 is 0. The van der Waals surface area contributed by atoms with Crippen LogP contribution in [0.15, 0.2) is 29.3 Å². The second-order valence-corrected chi connectivity index (χ2v) is 6.54. The summed E-state index contributed by atoms with van der Waals surface area (Å²) < 4.78 is 7.92. The highest BCUT2D eigenvalue weighted by Crippen LogP contribution is 2.17. The van der Waals surface area contributed by atoms with Crippen molar-refractivity contribution in [2.75, 3.05) is 13.1 Å². The first-order valence-corrected chi connectivity index (χ1v) is 9.15. The van der Waals surface area contributed by atoms with Gasteiger partial charge in [-0.1, -0.05) is 18.2 Å². The highest BCUT2D eigenvalue weighted by atomic mass is 16.5. The first-order valence-electron chi connectivity index (χ1n) is 9.15. The normalized spacial score (nSPS) is 12.8. The summed E-state index contributed by atoms with van der Waals surface area (Å²) in [5, 5.41) is 11.1. The Morgan fingerprint density at radius 3 is 2.58 bits per heavy atom. The molecule has 2 N–H and O–H groups in total. The minimum absolute atomic E-state index is 0.0295. The van der Waals surface area contributed by atoms with Gasteiger partial charge in [-0.25, -0.2) is 4.99 Å². The molecule has 0 fully saturated rings. The van der Waals surface area contributed by atoms with Crippen LogP contribution in [0.1, 0.15) is 36.4 Å². The first-order chi connectivity index (χ1) is 12.4. The van der Waals surface area contributed by atoms with Gasteiger partial charge in [-0.2, -0.15) is 5.10 Å². The van der Waals surface area contributed by atoms with Gasteiger partial charge in [0.1, 0.15) is 11.9 Å². The molecule has 2 aromatic rings. The van der Waals surface area contributed by atoms with Gasteiger partial charge in [0, 0.05) is 24.8 Å². The van der Waals surface area contributed by atoms with Gasteiger partial charge in [-0.15, -0.1) is 0 Å². The molecule has 0 amide bonds. The maximum absolute atomic E-state index is 6.02. The van der Waals surface area contributed by atoms with Gasteiger partial charge in [0.15, 0.2) is 5.96 Å². The Kier molecular flexibility index (Phi) is 7.06. The molecule has 142 valence electrons. The summed E-state index contributed by atoms with van der Waals surface area (Å²) in [6.45, 7) is 12.4. The average molecular weight is 358 g/mol. The number of aliphatic imine (C=N–C) groups is 1. The zero-order chi connectivity index (χ0) is 19.1. The molecular formula is C20H31N5O. The lowest BCUT2D eigenvalue weighted by atomic mass is 10.2. The number of benzene rings is 1. The van der Waals surface area contributed by atoms with Crippen molar-refractivity contribution in [2.24, 2.45) is 12.0 Å². The monoisotopic (exact) mass is 357 g/mol. The van der Waals surface area contributed by atoms with E-state index in [0.717, 1.165) is 35.2 Å². The number of ether oxygens (including phenoxy) is 1. The van der Waals surface area contributed by atoms with E-state index in [-0.39, 0.29) is 6.10 Å².